The van der Waals surface area contributed by atoms with Crippen molar-refractivity contribution in [3.8, 4) is 48.8 Å². The Labute approximate surface area is 601 Å². The van der Waals surface area contributed by atoms with Gasteiger partial charge in [0.15, 0.2) is 0 Å². The van der Waals surface area contributed by atoms with Crippen LogP contribution in [0, 0.1) is 49.4 Å². The third kappa shape index (κ3) is 15.7. The van der Waals surface area contributed by atoms with Gasteiger partial charge in [0.25, 0.3) is 0 Å². The number of carbonyl (C=O) groups excluding carboxylic acids is 2. The lowest BCUT2D eigenvalue weighted by atomic mass is 10.0. The zero-order chi connectivity index (χ0) is 66.8. The number of thiophene rings is 8. The van der Waals surface area contributed by atoms with Crippen LogP contribution in [0.3, 0.4) is 0 Å². The predicted molar refractivity (Wildman–Crippen MR) is 431 cm³/mol. The normalized spacial score (nSPS) is 17.8. The topological polar surface area (TPSA) is 52.6 Å². The molecule has 514 valence electrons. The number of carbonyl (C=O) groups is 2. The molecule has 8 aromatic rings. The summed E-state index contributed by atoms with van der Waals surface area (Å²) in [6.07, 6.45) is 29.3. The SMILES string of the molecule is CCCCC(CC)COC(=O)c1cc2c(C)sc(-c3cc4c(s3)-c3sc(-c5sc(-c6cc7c(s6)-c6sc(C)cc6[Si]7(CC(CC)CCCC)CC(CC)CCCC)c6cc(C(=O)OCC(CC)CCCC)sc56)cc3[Si]4(CC(CC)CCCC)CC(CC)CCCC)c2s1. The molecule has 0 aliphatic carbocycles. The first-order valence-electron chi connectivity index (χ1n) is 37.6. The second-order valence-electron chi connectivity index (χ2n) is 28.8. The minimum Gasteiger partial charge on any atom is -0.461 e. The molecule has 0 amide bonds. The Morgan fingerprint density at radius 3 is 1.04 bits per heavy atom. The molecule has 0 bridgehead atoms. The second-order valence-corrected chi connectivity index (χ2v) is 45.7. The number of ether oxygens (including phenoxy) is 2. The maximum atomic E-state index is 14.7. The summed E-state index contributed by atoms with van der Waals surface area (Å²) in [7, 11) is -4.67. The van der Waals surface area contributed by atoms with Crippen LogP contribution in [0.1, 0.15) is 266 Å². The Morgan fingerprint density at radius 1 is 0.351 bits per heavy atom. The first kappa shape index (κ1) is 74.2. The van der Waals surface area contributed by atoms with Crippen molar-refractivity contribution in [2.24, 2.45) is 35.5 Å². The number of rotatable bonds is 41. The number of esters is 2. The average Bonchev–Trinajstić information content (AvgIpc) is 1.54. The summed E-state index contributed by atoms with van der Waals surface area (Å²) >= 11 is 15.7. The average molecular weight is 1450 g/mol. The van der Waals surface area contributed by atoms with Crippen molar-refractivity contribution in [2.45, 2.75) is 275 Å². The quantitative estimate of drug-likeness (QED) is 0.0283. The molecule has 0 N–H and O–H groups in total. The highest BCUT2D eigenvalue weighted by atomic mass is 32.1. The fourth-order valence-electron chi connectivity index (χ4n) is 16.2. The maximum Gasteiger partial charge on any atom is 0.348 e. The minimum atomic E-state index is -2.45. The van der Waals surface area contributed by atoms with Crippen molar-refractivity contribution in [1.29, 1.82) is 0 Å². The molecule has 0 saturated carbocycles. The van der Waals surface area contributed by atoms with E-state index < -0.39 is 16.1 Å². The molecule has 0 fully saturated rings. The standard InChI is InChI=1S/C80H114O4S8Si2/c1-15-27-33-53(21-7)45-83-79(81)64-40-59-52(14)86-73(71(59)90-64)62-43-68-77(88-62)78-69(94(68,49-57(25-11)37-31-19-5)50-58(26-12)38-32-20-6)44-63(89-78)74-72-60(41-65(91-72)80(82)84-46-54(22-8)34-28-16-2)70(92-74)61-42-67-76(87-61)75-66(39-51(13)85-75)93(67,47-55(23-9)35-29-17-3)48-56(24-10)36-30-18-4/h39-44,53-58H,15-38,45-50H2,1-14H3. The first-order valence-corrected chi connectivity index (χ1v) is 49.0. The van der Waals surface area contributed by atoms with Crippen LogP contribution < -0.4 is 20.7 Å². The molecule has 4 nitrogen and oxygen atoms in total. The van der Waals surface area contributed by atoms with Crippen molar-refractivity contribution >= 4 is 160 Å². The zero-order valence-corrected chi connectivity index (χ0v) is 68.6. The molecule has 0 saturated heterocycles. The molecule has 0 spiro atoms. The molecule has 2 aliphatic rings. The smallest absolute Gasteiger partial charge is 0.348 e. The van der Waals surface area contributed by atoms with E-state index in [0.29, 0.717) is 36.9 Å². The van der Waals surface area contributed by atoms with Gasteiger partial charge in [-0.15, -0.1) is 90.7 Å². The van der Waals surface area contributed by atoms with Crippen molar-refractivity contribution < 1.29 is 19.1 Å². The van der Waals surface area contributed by atoms with Gasteiger partial charge in [-0.25, -0.2) is 9.59 Å². The van der Waals surface area contributed by atoms with Gasteiger partial charge in [0.05, 0.1) is 37.2 Å². The number of unbranched alkanes of at least 4 members (excludes halogenated alkanes) is 6. The predicted octanol–water partition coefficient (Wildman–Crippen LogP) is 26.8. The number of hydrogen-bond donors (Lipinski definition) is 0. The van der Waals surface area contributed by atoms with Crippen LogP contribution in [0.15, 0.2) is 36.4 Å². The zero-order valence-electron chi connectivity index (χ0n) is 60.0. The van der Waals surface area contributed by atoms with Crippen LogP contribution in [0.5, 0.6) is 0 Å². The second kappa shape index (κ2) is 34.2. The van der Waals surface area contributed by atoms with Crippen molar-refractivity contribution in [1.82, 2.24) is 0 Å². The van der Waals surface area contributed by atoms with E-state index in [4.69, 9.17) is 9.47 Å². The molecule has 0 aromatic carbocycles. The summed E-state index contributed by atoms with van der Waals surface area (Å²) < 4.78 is 15.0. The van der Waals surface area contributed by atoms with Gasteiger partial charge in [0.1, 0.15) is 25.9 Å². The van der Waals surface area contributed by atoms with Gasteiger partial charge >= 0.3 is 11.9 Å². The largest absolute Gasteiger partial charge is 0.461 e. The van der Waals surface area contributed by atoms with Gasteiger partial charge in [-0.1, -0.05) is 224 Å². The fourth-order valence-corrected chi connectivity index (χ4v) is 42.3. The highest BCUT2D eigenvalue weighted by Crippen LogP contribution is 2.57. The van der Waals surface area contributed by atoms with Crippen LogP contribution >= 0.6 is 90.7 Å². The van der Waals surface area contributed by atoms with Gasteiger partial charge in [0.2, 0.25) is 0 Å². The minimum absolute atomic E-state index is 0.154. The van der Waals surface area contributed by atoms with E-state index in [2.05, 4.69) is 179 Å². The molecule has 10 rings (SSSR count). The fraction of sp³-hybridized carbons (Fsp3) is 0.625. The van der Waals surface area contributed by atoms with Gasteiger partial charge in [-0.05, 0) is 144 Å². The van der Waals surface area contributed by atoms with Crippen LogP contribution in [0.4, 0.5) is 0 Å². The van der Waals surface area contributed by atoms with Crippen molar-refractivity contribution in [3.63, 3.8) is 0 Å². The number of fused-ring (bicyclic) bond motifs is 8. The highest BCUT2D eigenvalue weighted by Gasteiger charge is 2.52. The van der Waals surface area contributed by atoms with E-state index in [-0.39, 0.29) is 11.9 Å². The lowest BCUT2D eigenvalue weighted by Crippen LogP contribution is -2.56. The molecule has 10 heterocycles. The van der Waals surface area contributed by atoms with E-state index >= 15 is 0 Å². The van der Waals surface area contributed by atoms with E-state index in [1.54, 1.807) is 53.2 Å². The van der Waals surface area contributed by atoms with Crippen LogP contribution in [0.2, 0.25) is 24.2 Å². The first-order chi connectivity index (χ1) is 45.6. The van der Waals surface area contributed by atoms with Crippen molar-refractivity contribution in [3.05, 3.63) is 55.9 Å². The molecule has 6 unspecified atom stereocenters. The summed E-state index contributed by atoms with van der Waals surface area (Å²) in [4.78, 5) is 47.4. The third-order valence-electron chi connectivity index (χ3n) is 22.3. The molecule has 8 aromatic heterocycles. The maximum absolute atomic E-state index is 14.7. The number of hydrogen-bond acceptors (Lipinski definition) is 12. The molecule has 0 radical (unpaired) electrons. The molecular weight excluding hydrogens is 1340 g/mol. The van der Waals surface area contributed by atoms with Crippen LogP contribution in [0.25, 0.3) is 68.9 Å². The molecular formula is C80H114O4S8Si2. The lowest BCUT2D eigenvalue weighted by Gasteiger charge is -2.35. The monoisotopic (exact) mass is 1450 g/mol. The Bertz CT molecular complexity index is 3720. The highest BCUT2D eigenvalue weighted by molar-refractivity contribution is 7.38. The van der Waals surface area contributed by atoms with Crippen molar-refractivity contribution in [2.75, 3.05) is 13.2 Å². The van der Waals surface area contributed by atoms with E-state index in [0.717, 1.165) is 66.5 Å². The van der Waals surface area contributed by atoms with Crippen LogP contribution in [-0.4, -0.2) is 41.3 Å². The Balaban J connectivity index is 1.16. The summed E-state index contributed by atoms with van der Waals surface area (Å²) in [5, 5.41) is 9.37. The molecule has 14 heteroatoms. The number of aryl methyl sites for hydroxylation is 2. The Kier molecular flexibility index (Phi) is 27.0. The van der Waals surface area contributed by atoms with Gasteiger partial charge in [-0.3, -0.25) is 0 Å². The van der Waals surface area contributed by atoms with E-state index in [1.165, 1.54) is 202 Å². The summed E-state index contributed by atoms with van der Waals surface area (Å²) in [6.45, 7) is 34.1. The molecule has 2 aliphatic heterocycles. The van der Waals surface area contributed by atoms with Gasteiger partial charge in [0, 0.05) is 54.7 Å². The molecule has 94 heavy (non-hydrogen) atoms. The van der Waals surface area contributed by atoms with E-state index in [9.17, 15) is 9.59 Å². The summed E-state index contributed by atoms with van der Waals surface area (Å²) in [5.41, 5.74) is 0. The molecule has 6 atom stereocenters. The Morgan fingerprint density at radius 2 is 0.670 bits per heavy atom. The summed E-state index contributed by atoms with van der Waals surface area (Å²) in [6, 6.07) is 20.7. The van der Waals surface area contributed by atoms with E-state index in [1.807, 2.05) is 22.7 Å². The van der Waals surface area contributed by atoms with Gasteiger partial charge < -0.3 is 9.47 Å². The van der Waals surface area contributed by atoms with Gasteiger partial charge in [-0.2, -0.15) is 0 Å². The van der Waals surface area contributed by atoms with Crippen LogP contribution in [-0.2, 0) is 9.47 Å². The summed E-state index contributed by atoms with van der Waals surface area (Å²) in [5.74, 6) is 3.28. The Hall–Kier alpha value is -2.51. The third-order valence-corrected chi connectivity index (χ3v) is 44.0. The lowest BCUT2D eigenvalue weighted by molar-refractivity contribution is 0.0425.